The van der Waals surface area contributed by atoms with E-state index in [0.717, 1.165) is 17.5 Å². The van der Waals surface area contributed by atoms with Crippen LogP contribution >= 0.6 is 0 Å². The standard InChI is InChI=1S/C26H35N3O2/c1-17-12-21(26(27)31)13-18(2)23(17)14-22(29(3)4)16-28-25(30)15-24(20-10-11-20)19-8-6-5-7-9-19/h5-9,12-13,20,22,24H,10-11,14-16H2,1-4H3,(H2,27,31)(H,28,30). The van der Waals surface area contributed by atoms with Gasteiger partial charge in [0.05, 0.1) is 0 Å². The second kappa shape index (κ2) is 10.1. The van der Waals surface area contributed by atoms with E-state index >= 15 is 0 Å². The minimum absolute atomic E-state index is 0.116. The van der Waals surface area contributed by atoms with Crippen LogP contribution in [0.25, 0.3) is 0 Å². The van der Waals surface area contributed by atoms with Gasteiger partial charge in [0.15, 0.2) is 0 Å². The second-order valence-electron chi connectivity index (χ2n) is 9.14. The fourth-order valence-corrected chi connectivity index (χ4v) is 4.39. The average molecular weight is 422 g/mol. The Labute approximate surface area is 186 Å². The van der Waals surface area contributed by atoms with Crippen LogP contribution in [0.1, 0.15) is 57.8 Å². The summed E-state index contributed by atoms with van der Waals surface area (Å²) in [6.07, 6.45) is 3.77. The van der Waals surface area contributed by atoms with E-state index in [-0.39, 0.29) is 11.9 Å². The Kier molecular flexibility index (Phi) is 7.50. The van der Waals surface area contributed by atoms with Crippen LogP contribution in [-0.4, -0.2) is 43.4 Å². The lowest BCUT2D eigenvalue weighted by atomic mass is 9.90. The highest BCUT2D eigenvalue weighted by atomic mass is 16.1. The van der Waals surface area contributed by atoms with Crippen LogP contribution in [0.5, 0.6) is 0 Å². The molecule has 0 aromatic heterocycles. The van der Waals surface area contributed by atoms with Crippen molar-refractivity contribution in [2.24, 2.45) is 11.7 Å². The molecule has 5 nitrogen and oxygen atoms in total. The summed E-state index contributed by atoms with van der Waals surface area (Å²) in [5, 5.41) is 3.18. The van der Waals surface area contributed by atoms with Crippen molar-refractivity contribution in [1.29, 1.82) is 0 Å². The molecule has 166 valence electrons. The van der Waals surface area contributed by atoms with Crippen molar-refractivity contribution in [2.75, 3.05) is 20.6 Å². The number of likely N-dealkylation sites (N-methyl/N-ethyl adjacent to an activating group) is 1. The molecule has 1 aliphatic rings. The summed E-state index contributed by atoms with van der Waals surface area (Å²) >= 11 is 0. The summed E-state index contributed by atoms with van der Waals surface area (Å²) in [5.41, 5.74) is 10.6. The van der Waals surface area contributed by atoms with Gasteiger partial charge < -0.3 is 16.0 Å². The third-order valence-corrected chi connectivity index (χ3v) is 6.51. The van der Waals surface area contributed by atoms with E-state index in [4.69, 9.17) is 5.73 Å². The number of rotatable bonds is 10. The van der Waals surface area contributed by atoms with E-state index in [1.54, 1.807) is 0 Å². The fourth-order valence-electron chi connectivity index (χ4n) is 4.39. The van der Waals surface area contributed by atoms with E-state index < -0.39 is 5.91 Å². The van der Waals surface area contributed by atoms with Crippen LogP contribution in [0.3, 0.4) is 0 Å². The number of aryl methyl sites for hydroxylation is 2. The maximum atomic E-state index is 12.8. The van der Waals surface area contributed by atoms with Gasteiger partial charge in [-0.1, -0.05) is 30.3 Å². The number of nitrogens with one attached hydrogen (secondary N) is 1. The number of carbonyl (C=O) groups excluding carboxylic acids is 2. The highest BCUT2D eigenvalue weighted by Crippen LogP contribution is 2.44. The average Bonchev–Trinajstić information content (AvgIpc) is 3.56. The molecule has 3 rings (SSSR count). The lowest BCUT2D eigenvalue weighted by Crippen LogP contribution is -2.42. The van der Waals surface area contributed by atoms with E-state index in [1.165, 1.54) is 24.0 Å². The zero-order valence-electron chi connectivity index (χ0n) is 19.2. The van der Waals surface area contributed by atoms with Crippen molar-refractivity contribution >= 4 is 11.8 Å². The Balaban J connectivity index is 1.63. The van der Waals surface area contributed by atoms with Crippen molar-refractivity contribution in [3.8, 4) is 0 Å². The van der Waals surface area contributed by atoms with Gasteiger partial charge in [-0.05, 0) is 93.4 Å². The lowest BCUT2D eigenvalue weighted by molar-refractivity contribution is -0.121. The molecule has 5 heteroatoms. The van der Waals surface area contributed by atoms with Gasteiger partial charge in [0, 0.05) is 24.6 Å². The molecule has 1 fully saturated rings. The third-order valence-electron chi connectivity index (χ3n) is 6.51. The van der Waals surface area contributed by atoms with E-state index in [1.807, 2.05) is 46.1 Å². The Morgan fingerprint density at radius 3 is 2.23 bits per heavy atom. The molecular formula is C26H35N3O2. The first kappa shape index (κ1) is 23.0. The largest absolute Gasteiger partial charge is 0.366 e. The van der Waals surface area contributed by atoms with E-state index in [0.29, 0.717) is 30.4 Å². The van der Waals surface area contributed by atoms with Crippen molar-refractivity contribution in [3.63, 3.8) is 0 Å². The predicted octanol–water partition coefficient (Wildman–Crippen LogP) is 3.58. The van der Waals surface area contributed by atoms with Crippen LogP contribution < -0.4 is 11.1 Å². The minimum atomic E-state index is -0.405. The van der Waals surface area contributed by atoms with Crippen LogP contribution in [0, 0.1) is 19.8 Å². The molecule has 0 radical (unpaired) electrons. The van der Waals surface area contributed by atoms with Gasteiger partial charge in [0.1, 0.15) is 0 Å². The van der Waals surface area contributed by atoms with Crippen LogP contribution in [0.15, 0.2) is 42.5 Å². The molecule has 0 heterocycles. The molecule has 0 saturated heterocycles. The van der Waals surface area contributed by atoms with Gasteiger partial charge in [-0.25, -0.2) is 0 Å². The molecule has 2 atom stereocenters. The smallest absolute Gasteiger partial charge is 0.248 e. The number of hydrogen-bond acceptors (Lipinski definition) is 3. The minimum Gasteiger partial charge on any atom is -0.366 e. The SMILES string of the molecule is Cc1cc(C(N)=O)cc(C)c1CC(CNC(=O)CC(c1ccccc1)C1CC1)N(C)C. The fraction of sp³-hybridized carbons (Fsp3) is 0.462. The normalized spacial score (nSPS) is 15.5. The molecule has 1 saturated carbocycles. The number of amides is 2. The summed E-state index contributed by atoms with van der Waals surface area (Å²) in [5.74, 6) is 0.652. The van der Waals surface area contributed by atoms with Gasteiger partial charge in [0.2, 0.25) is 11.8 Å². The van der Waals surface area contributed by atoms with Crippen molar-refractivity contribution in [1.82, 2.24) is 10.2 Å². The molecule has 0 bridgehead atoms. The molecule has 2 unspecified atom stereocenters. The number of nitrogens with two attached hydrogens (primary N) is 1. The number of carbonyl (C=O) groups is 2. The highest BCUT2D eigenvalue weighted by molar-refractivity contribution is 5.93. The molecule has 31 heavy (non-hydrogen) atoms. The van der Waals surface area contributed by atoms with Crippen molar-refractivity contribution in [2.45, 2.75) is 51.5 Å². The van der Waals surface area contributed by atoms with Crippen LogP contribution in [-0.2, 0) is 11.2 Å². The first-order valence-corrected chi connectivity index (χ1v) is 11.1. The maximum absolute atomic E-state index is 12.8. The lowest BCUT2D eigenvalue weighted by Gasteiger charge is -2.27. The molecular weight excluding hydrogens is 386 g/mol. The zero-order chi connectivity index (χ0) is 22.5. The van der Waals surface area contributed by atoms with Gasteiger partial charge >= 0.3 is 0 Å². The maximum Gasteiger partial charge on any atom is 0.248 e. The quantitative estimate of drug-likeness (QED) is 0.616. The monoisotopic (exact) mass is 421 g/mol. The number of benzene rings is 2. The van der Waals surface area contributed by atoms with Gasteiger partial charge in [-0.2, -0.15) is 0 Å². The second-order valence-corrected chi connectivity index (χ2v) is 9.14. The topological polar surface area (TPSA) is 75.4 Å². The number of nitrogens with zero attached hydrogens (tertiary/aromatic N) is 1. The highest BCUT2D eigenvalue weighted by Gasteiger charge is 2.33. The van der Waals surface area contributed by atoms with Crippen molar-refractivity contribution in [3.05, 3.63) is 70.3 Å². The Morgan fingerprint density at radius 1 is 1.10 bits per heavy atom. The Morgan fingerprint density at radius 2 is 1.71 bits per heavy atom. The zero-order valence-corrected chi connectivity index (χ0v) is 19.2. The van der Waals surface area contributed by atoms with Gasteiger partial charge in [0.25, 0.3) is 0 Å². The van der Waals surface area contributed by atoms with Crippen molar-refractivity contribution < 1.29 is 9.59 Å². The third kappa shape index (κ3) is 6.17. The molecule has 1 aliphatic carbocycles. The summed E-state index contributed by atoms with van der Waals surface area (Å²) in [4.78, 5) is 26.5. The Bertz CT molecular complexity index is 896. The molecule has 0 aliphatic heterocycles. The van der Waals surface area contributed by atoms with E-state index in [2.05, 4.69) is 34.5 Å². The van der Waals surface area contributed by atoms with Crippen LogP contribution in [0.2, 0.25) is 0 Å². The number of hydrogen-bond donors (Lipinski definition) is 2. The molecule has 0 spiro atoms. The van der Waals surface area contributed by atoms with Gasteiger partial charge in [-0.3, -0.25) is 9.59 Å². The summed E-state index contributed by atoms with van der Waals surface area (Å²) < 4.78 is 0. The first-order valence-electron chi connectivity index (χ1n) is 11.1. The summed E-state index contributed by atoms with van der Waals surface area (Å²) in [7, 11) is 4.08. The molecule has 2 amide bonds. The molecule has 2 aromatic carbocycles. The number of primary amides is 1. The predicted molar refractivity (Wildman–Crippen MR) is 125 cm³/mol. The Hall–Kier alpha value is -2.66. The summed E-state index contributed by atoms with van der Waals surface area (Å²) in [6, 6.07) is 14.3. The van der Waals surface area contributed by atoms with Crippen LogP contribution in [0.4, 0.5) is 0 Å². The van der Waals surface area contributed by atoms with E-state index in [9.17, 15) is 9.59 Å². The van der Waals surface area contributed by atoms with Gasteiger partial charge in [-0.15, -0.1) is 0 Å². The molecule has 3 N–H and O–H groups in total. The first-order chi connectivity index (χ1) is 14.8. The molecule has 2 aromatic rings. The summed E-state index contributed by atoms with van der Waals surface area (Å²) in [6.45, 7) is 4.62.